The number of fused-ring (bicyclic) bond motifs is 2. The van der Waals surface area contributed by atoms with E-state index >= 15 is 0 Å². The lowest BCUT2D eigenvalue weighted by atomic mass is 10.0. The summed E-state index contributed by atoms with van der Waals surface area (Å²) in [6.45, 7) is 5.43. The van der Waals surface area contributed by atoms with Gasteiger partial charge < -0.3 is 14.7 Å². The number of ether oxygens (including phenoxy) is 1. The van der Waals surface area contributed by atoms with Gasteiger partial charge in [-0.25, -0.2) is 9.59 Å². The molecule has 0 saturated carbocycles. The Morgan fingerprint density at radius 1 is 1.00 bits per heavy atom. The second-order valence-corrected chi connectivity index (χ2v) is 8.61. The Labute approximate surface area is 195 Å². The van der Waals surface area contributed by atoms with Crippen molar-refractivity contribution >= 4 is 45.0 Å². The van der Waals surface area contributed by atoms with Crippen molar-refractivity contribution in [2.24, 2.45) is 9.98 Å². The molecule has 8 heteroatoms. The van der Waals surface area contributed by atoms with Gasteiger partial charge in [-0.3, -0.25) is 9.98 Å². The first-order chi connectivity index (χ1) is 15.5. The van der Waals surface area contributed by atoms with Crippen LogP contribution in [0.2, 0.25) is 0 Å². The molecule has 5 rings (SSSR count). The van der Waals surface area contributed by atoms with Crippen LogP contribution in [0.4, 0.5) is 5.69 Å². The van der Waals surface area contributed by atoms with Crippen LogP contribution in [-0.4, -0.2) is 48.2 Å². The molecular weight excluding hydrogens is 474 g/mol. The van der Waals surface area contributed by atoms with E-state index in [1.807, 2.05) is 30.3 Å². The number of carbonyl (C=O) groups excluding carboxylic acids is 1. The molecule has 166 valence electrons. The van der Waals surface area contributed by atoms with E-state index in [0.717, 1.165) is 39.8 Å². The molecule has 0 bridgehead atoms. The molecule has 0 aromatic heterocycles. The minimum Gasteiger partial charge on any atom is -0.477 e. The van der Waals surface area contributed by atoms with Crippen molar-refractivity contribution in [3.63, 3.8) is 0 Å². The largest absolute Gasteiger partial charge is 0.477 e. The first-order valence-corrected chi connectivity index (χ1v) is 11.4. The highest BCUT2D eigenvalue weighted by Gasteiger charge is 2.24. The van der Waals surface area contributed by atoms with Gasteiger partial charge in [-0.2, -0.15) is 0 Å². The molecule has 1 N–H and O–H groups in total. The zero-order valence-corrected chi connectivity index (χ0v) is 19.4. The number of carbonyl (C=O) groups is 2. The maximum atomic E-state index is 11.5. The molecule has 1 saturated heterocycles. The molecule has 3 heterocycles. The quantitative estimate of drug-likeness (QED) is 0.644. The van der Waals surface area contributed by atoms with Gasteiger partial charge in [-0.05, 0) is 55.2 Å². The molecule has 0 unspecified atom stereocenters. The zero-order valence-electron chi connectivity index (χ0n) is 17.8. The number of anilines is 1. The lowest BCUT2D eigenvalue weighted by Gasteiger charge is -2.18. The van der Waals surface area contributed by atoms with E-state index in [4.69, 9.17) is 9.84 Å². The van der Waals surface area contributed by atoms with E-state index in [-0.39, 0.29) is 11.7 Å². The number of rotatable bonds is 4. The molecule has 0 amide bonds. The van der Waals surface area contributed by atoms with Crippen molar-refractivity contribution in [3.05, 3.63) is 63.1 Å². The third kappa shape index (κ3) is 4.60. The van der Waals surface area contributed by atoms with Crippen LogP contribution in [0.3, 0.4) is 0 Å². The van der Waals surface area contributed by atoms with Crippen LogP contribution in [0.1, 0.15) is 42.0 Å². The fourth-order valence-electron chi connectivity index (χ4n) is 4.09. The lowest BCUT2D eigenvalue weighted by Crippen LogP contribution is -2.18. The number of nitrogens with zero attached hydrogens (tertiary/aromatic N) is 3. The van der Waals surface area contributed by atoms with Gasteiger partial charge in [0.25, 0.3) is 0 Å². The van der Waals surface area contributed by atoms with Crippen LogP contribution in [-0.2, 0) is 27.4 Å². The Hall–Kier alpha value is -3.00. The summed E-state index contributed by atoms with van der Waals surface area (Å²) in [7, 11) is 0. The van der Waals surface area contributed by atoms with E-state index in [2.05, 4.69) is 36.9 Å². The first kappa shape index (κ1) is 22.2. The summed E-state index contributed by atoms with van der Waals surface area (Å²) in [6, 6.07) is 11.8. The number of hydrogen-bond donors (Lipinski definition) is 1. The number of carboxylic acids is 1. The number of esters is 1. The van der Waals surface area contributed by atoms with Crippen LogP contribution < -0.4 is 4.90 Å². The van der Waals surface area contributed by atoms with Gasteiger partial charge in [0.2, 0.25) is 0 Å². The van der Waals surface area contributed by atoms with E-state index in [1.165, 1.54) is 18.5 Å². The van der Waals surface area contributed by atoms with Crippen LogP contribution in [0.25, 0.3) is 0 Å². The average Bonchev–Trinajstić information content (AvgIpc) is 3.52. The van der Waals surface area contributed by atoms with Gasteiger partial charge in [0.1, 0.15) is 0 Å². The monoisotopic (exact) mass is 497 g/mol. The molecule has 0 spiro atoms. The van der Waals surface area contributed by atoms with Crippen molar-refractivity contribution in [1.82, 2.24) is 0 Å². The molecular formula is C24H24BrN3O4. The summed E-state index contributed by atoms with van der Waals surface area (Å²) in [5.74, 6) is -1.27. The molecule has 3 aliphatic rings. The van der Waals surface area contributed by atoms with Crippen LogP contribution in [0, 0.1) is 0 Å². The van der Waals surface area contributed by atoms with Gasteiger partial charge in [-0.1, -0.05) is 28.1 Å². The summed E-state index contributed by atoms with van der Waals surface area (Å²) in [5, 5.41) is 9.00. The fraction of sp³-hybridized carbons (Fsp3) is 0.333. The summed E-state index contributed by atoms with van der Waals surface area (Å²) in [6.07, 6.45) is 2.49. The number of hydrogen-bond acceptors (Lipinski definition) is 6. The highest BCUT2D eigenvalue weighted by molar-refractivity contribution is 9.10. The van der Waals surface area contributed by atoms with Crippen molar-refractivity contribution in [2.75, 3.05) is 24.6 Å². The molecule has 0 atom stereocenters. The van der Waals surface area contributed by atoms with Crippen molar-refractivity contribution in [3.8, 4) is 0 Å². The first-order valence-electron chi connectivity index (χ1n) is 10.6. The predicted octanol–water partition coefficient (Wildman–Crippen LogP) is 3.99. The van der Waals surface area contributed by atoms with Gasteiger partial charge in [-0.15, -0.1) is 0 Å². The minimum atomic E-state index is -0.933. The lowest BCUT2D eigenvalue weighted by molar-refractivity contribution is -0.135. The Morgan fingerprint density at radius 3 is 2.31 bits per heavy atom. The zero-order chi connectivity index (χ0) is 22.7. The molecule has 2 aromatic rings. The second-order valence-electron chi connectivity index (χ2n) is 7.69. The van der Waals surface area contributed by atoms with Gasteiger partial charge in [0.15, 0.2) is 11.4 Å². The van der Waals surface area contributed by atoms with Gasteiger partial charge >= 0.3 is 11.9 Å². The molecule has 0 aliphatic carbocycles. The van der Waals surface area contributed by atoms with E-state index in [0.29, 0.717) is 25.4 Å². The molecule has 2 aromatic carbocycles. The van der Waals surface area contributed by atoms with Gasteiger partial charge in [0, 0.05) is 34.4 Å². The fourth-order valence-corrected chi connectivity index (χ4v) is 4.50. The number of carboxylic acid groups (broad SMARTS) is 1. The molecule has 7 nitrogen and oxygen atoms in total. The predicted molar refractivity (Wildman–Crippen MR) is 127 cm³/mol. The summed E-state index contributed by atoms with van der Waals surface area (Å²) in [4.78, 5) is 33.1. The molecule has 32 heavy (non-hydrogen) atoms. The van der Waals surface area contributed by atoms with Crippen LogP contribution in [0.5, 0.6) is 0 Å². The van der Waals surface area contributed by atoms with E-state index in [9.17, 15) is 9.59 Å². The Kier molecular flexibility index (Phi) is 6.69. The Balaban J connectivity index is 0.000000155. The van der Waals surface area contributed by atoms with E-state index in [1.54, 1.807) is 6.92 Å². The molecule has 1 fully saturated rings. The highest BCUT2D eigenvalue weighted by Crippen LogP contribution is 2.27. The van der Waals surface area contributed by atoms with Crippen molar-refractivity contribution < 1.29 is 19.4 Å². The van der Waals surface area contributed by atoms with Crippen LogP contribution in [0.15, 0.2) is 50.9 Å². The summed E-state index contributed by atoms with van der Waals surface area (Å²) < 4.78 is 5.93. The third-order valence-electron chi connectivity index (χ3n) is 5.62. The van der Waals surface area contributed by atoms with Crippen molar-refractivity contribution in [2.45, 2.75) is 32.9 Å². The third-order valence-corrected chi connectivity index (χ3v) is 6.12. The average molecular weight is 498 g/mol. The van der Waals surface area contributed by atoms with E-state index < -0.39 is 5.97 Å². The number of aliphatic imine (C=N–C) groups is 2. The maximum absolute atomic E-state index is 11.5. The standard InChI is InChI=1S/C13H14N2O2.C11H10BrNO2/c16-13(17)12-11-4-3-10(7-9(11)8-14-12)15-5-1-2-6-15;1-2-15-11(14)10-9-4-3-8(12)5-7(9)6-13-10/h3-4,7H,1-2,5-6,8H2,(H,16,17);3-5H,2,6H2,1H3. The summed E-state index contributed by atoms with van der Waals surface area (Å²) in [5.41, 5.74) is 5.60. The van der Waals surface area contributed by atoms with Crippen molar-refractivity contribution in [1.29, 1.82) is 0 Å². The molecule has 0 radical (unpaired) electrons. The minimum absolute atomic E-state index is 0.202. The number of aliphatic carboxylic acids is 1. The summed E-state index contributed by atoms with van der Waals surface area (Å²) >= 11 is 3.39. The number of halogens is 1. The van der Waals surface area contributed by atoms with Gasteiger partial charge in [0.05, 0.1) is 19.7 Å². The topological polar surface area (TPSA) is 91.6 Å². The van der Waals surface area contributed by atoms with Crippen LogP contribution >= 0.6 is 15.9 Å². The highest BCUT2D eigenvalue weighted by atomic mass is 79.9. The Bertz CT molecular complexity index is 1120. The Morgan fingerprint density at radius 2 is 1.62 bits per heavy atom. The second kappa shape index (κ2) is 9.65. The molecule has 3 aliphatic heterocycles. The maximum Gasteiger partial charge on any atom is 0.357 e. The normalized spacial score (nSPS) is 15.9. The SMILES string of the molecule is CCOC(=O)C1=NCc2cc(Br)ccc21.O=C(O)C1=NCc2cc(N3CCCC3)ccc21. The number of benzene rings is 2. The smallest absolute Gasteiger partial charge is 0.357 e.